The molecule has 0 N–H and O–H groups in total. The van der Waals surface area contributed by atoms with Gasteiger partial charge in [0.15, 0.2) is 0 Å². The summed E-state index contributed by atoms with van der Waals surface area (Å²) >= 11 is 0. The summed E-state index contributed by atoms with van der Waals surface area (Å²) in [5.74, 6) is 0.460. The van der Waals surface area contributed by atoms with E-state index < -0.39 is 21.6 Å². The van der Waals surface area contributed by atoms with E-state index in [9.17, 15) is 26.4 Å². The first-order valence-electron chi connectivity index (χ1n) is 9.69. The maximum absolute atomic E-state index is 13.2. The summed E-state index contributed by atoms with van der Waals surface area (Å²) in [7, 11) is -2.98. The molecule has 2 aliphatic heterocycles. The van der Waals surface area contributed by atoms with E-state index in [-0.39, 0.29) is 40.7 Å². The third kappa shape index (κ3) is 3.55. The molecule has 4 rings (SSSR count). The number of alkyl halides is 3. The number of likely N-dealkylation sites (tertiary alicyclic amines) is 1. The van der Waals surface area contributed by atoms with Crippen LogP contribution in [0.15, 0.2) is 24.3 Å². The number of benzene rings is 1. The van der Waals surface area contributed by atoms with Crippen LogP contribution in [-0.2, 0) is 20.8 Å². The van der Waals surface area contributed by atoms with E-state index in [1.165, 1.54) is 12.1 Å². The molecule has 1 saturated carbocycles. The van der Waals surface area contributed by atoms with Crippen LogP contribution in [0.5, 0.6) is 0 Å². The molecule has 2 saturated heterocycles. The monoisotopic (exact) mass is 415 g/mol. The number of carbonyl (C=O) groups is 1. The van der Waals surface area contributed by atoms with Gasteiger partial charge in [-0.1, -0.05) is 19.1 Å². The molecule has 154 valence electrons. The highest BCUT2D eigenvalue weighted by atomic mass is 32.2. The SMILES string of the molecule is CC1CC(c2ccc(C(F)(F)F)cc2)N(C(=O)C2CC23CCS(=O)(=O)CC3)C1. The summed E-state index contributed by atoms with van der Waals surface area (Å²) in [6.45, 7) is 2.63. The Hall–Kier alpha value is -1.57. The molecule has 1 aromatic rings. The molecule has 3 atom stereocenters. The van der Waals surface area contributed by atoms with E-state index in [0.717, 1.165) is 30.5 Å². The summed E-state index contributed by atoms with van der Waals surface area (Å²) in [5.41, 5.74) is -0.143. The molecule has 0 bridgehead atoms. The summed E-state index contributed by atoms with van der Waals surface area (Å²) in [6, 6.07) is 4.88. The fourth-order valence-electron chi connectivity index (χ4n) is 4.89. The van der Waals surface area contributed by atoms with Crippen LogP contribution in [0.2, 0.25) is 0 Å². The number of amides is 1. The summed E-state index contributed by atoms with van der Waals surface area (Å²) in [5, 5.41) is 0. The zero-order valence-electron chi connectivity index (χ0n) is 15.7. The lowest BCUT2D eigenvalue weighted by Crippen LogP contribution is -2.35. The smallest absolute Gasteiger partial charge is 0.335 e. The summed E-state index contributed by atoms with van der Waals surface area (Å²) in [4.78, 5) is 15.0. The molecule has 8 heteroatoms. The number of carbonyl (C=O) groups excluding carboxylic acids is 1. The highest BCUT2D eigenvalue weighted by Gasteiger charge is 2.61. The van der Waals surface area contributed by atoms with Gasteiger partial charge in [-0.25, -0.2) is 8.42 Å². The zero-order valence-corrected chi connectivity index (χ0v) is 16.5. The minimum atomic E-state index is -4.38. The highest BCUT2D eigenvalue weighted by Crippen LogP contribution is 2.61. The summed E-state index contributed by atoms with van der Waals surface area (Å²) in [6.07, 6.45) is -1.84. The Morgan fingerprint density at radius 3 is 2.32 bits per heavy atom. The predicted octanol–water partition coefficient (Wildman–Crippen LogP) is 3.83. The Bertz CT molecular complexity index is 865. The number of halogens is 3. The lowest BCUT2D eigenvalue weighted by atomic mass is 9.95. The Kier molecular flexibility index (Phi) is 4.56. The van der Waals surface area contributed by atoms with Crippen LogP contribution in [0, 0.1) is 17.3 Å². The molecule has 1 spiro atoms. The molecule has 3 aliphatic rings. The van der Waals surface area contributed by atoms with Gasteiger partial charge in [0.1, 0.15) is 9.84 Å². The number of rotatable bonds is 2. The van der Waals surface area contributed by atoms with Crippen molar-refractivity contribution in [1.82, 2.24) is 4.90 Å². The van der Waals surface area contributed by atoms with Crippen molar-refractivity contribution in [3.8, 4) is 0 Å². The van der Waals surface area contributed by atoms with E-state index in [2.05, 4.69) is 0 Å². The molecule has 2 heterocycles. The van der Waals surface area contributed by atoms with Crippen LogP contribution in [0.4, 0.5) is 13.2 Å². The van der Waals surface area contributed by atoms with Gasteiger partial charge in [0.05, 0.1) is 23.1 Å². The van der Waals surface area contributed by atoms with Crippen molar-refractivity contribution in [1.29, 1.82) is 0 Å². The Balaban J connectivity index is 1.50. The third-order valence-electron chi connectivity index (χ3n) is 6.73. The van der Waals surface area contributed by atoms with E-state index in [1.54, 1.807) is 0 Å². The van der Waals surface area contributed by atoms with E-state index in [1.807, 2.05) is 11.8 Å². The van der Waals surface area contributed by atoms with Crippen molar-refractivity contribution >= 4 is 15.7 Å². The minimum absolute atomic E-state index is 0.0357. The lowest BCUT2D eigenvalue weighted by molar-refractivity contribution is -0.138. The molecule has 4 nitrogen and oxygen atoms in total. The fraction of sp³-hybridized carbons (Fsp3) is 0.650. The molecule has 3 unspecified atom stereocenters. The van der Waals surface area contributed by atoms with Crippen LogP contribution in [0.25, 0.3) is 0 Å². The van der Waals surface area contributed by atoms with Crippen molar-refractivity contribution in [3.05, 3.63) is 35.4 Å². The predicted molar refractivity (Wildman–Crippen MR) is 98.1 cm³/mol. The third-order valence-corrected chi connectivity index (χ3v) is 8.38. The lowest BCUT2D eigenvalue weighted by Gasteiger charge is -2.28. The molecular formula is C20H24F3NO3S. The molecule has 1 aromatic carbocycles. The highest BCUT2D eigenvalue weighted by molar-refractivity contribution is 7.91. The Morgan fingerprint density at radius 1 is 1.14 bits per heavy atom. The second-order valence-electron chi connectivity index (χ2n) is 8.74. The average molecular weight is 415 g/mol. The van der Waals surface area contributed by atoms with Gasteiger partial charge in [-0.2, -0.15) is 13.2 Å². The first-order chi connectivity index (χ1) is 13.0. The average Bonchev–Trinajstić information content (AvgIpc) is 3.20. The van der Waals surface area contributed by atoms with Gasteiger partial charge in [-0.15, -0.1) is 0 Å². The zero-order chi connectivity index (χ0) is 20.3. The number of hydrogen-bond donors (Lipinski definition) is 0. The molecular weight excluding hydrogens is 391 g/mol. The fourth-order valence-corrected chi connectivity index (χ4v) is 6.53. The van der Waals surface area contributed by atoms with Gasteiger partial charge in [0.25, 0.3) is 0 Å². The van der Waals surface area contributed by atoms with E-state index in [0.29, 0.717) is 19.4 Å². The maximum atomic E-state index is 13.2. The molecule has 1 aliphatic carbocycles. The first-order valence-corrected chi connectivity index (χ1v) is 11.5. The van der Waals surface area contributed by atoms with Crippen LogP contribution in [0.1, 0.15) is 49.8 Å². The van der Waals surface area contributed by atoms with Crippen molar-refractivity contribution in [2.45, 2.75) is 44.8 Å². The van der Waals surface area contributed by atoms with Crippen molar-refractivity contribution in [3.63, 3.8) is 0 Å². The number of nitrogens with zero attached hydrogens (tertiary/aromatic N) is 1. The normalized spacial score (nSPS) is 31.1. The largest absolute Gasteiger partial charge is 0.416 e. The molecule has 0 radical (unpaired) electrons. The van der Waals surface area contributed by atoms with Gasteiger partial charge in [0, 0.05) is 12.5 Å². The van der Waals surface area contributed by atoms with Crippen LogP contribution < -0.4 is 0 Å². The van der Waals surface area contributed by atoms with Gasteiger partial charge in [-0.3, -0.25) is 4.79 Å². The Labute approximate surface area is 163 Å². The van der Waals surface area contributed by atoms with Crippen molar-refractivity contribution in [2.75, 3.05) is 18.1 Å². The van der Waals surface area contributed by atoms with E-state index in [4.69, 9.17) is 0 Å². The van der Waals surface area contributed by atoms with Gasteiger partial charge < -0.3 is 4.90 Å². The van der Waals surface area contributed by atoms with E-state index >= 15 is 0 Å². The van der Waals surface area contributed by atoms with Crippen LogP contribution >= 0.6 is 0 Å². The maximum Gasteiger partial charge on any atom is 0.416 e. The van der Waals surface area contributed by atoms with Crippen molar-refractivity contribution < 1.29 is 26.4 Å². The summed E-state index contributed by atoms with van der Waals surface area (Å²) < 4.78 is 61.9. The van der Waals surface area contributed by atoms with Gasteiger partial charge in [-0.05, 0) is 54.7 Å². The minimum Gasteiger partial charge on any atom is -0.335 e. The van der Waals surface area contributed by atoms with Crippen molar-refractivity contribution in [2.24, 2.45) is 17.3 Å². The van der Waals surface area contributed by atoms with Crippen LogP contribution in [0.3, 0.4) is 0 Å². The number of hydrogen-bond acceptors (Lipinski definition) is 3. The van der Waals surface area contributed by atoms with Gasteiger partial charge in [0.2, 0.25) is 5.91 Å². The second kappa shape index (κ2) is 6.47. The second-order valence-corrected chi connectivity index (χ2v) is 11.0. The van der Waals surface area contributed by atoms with Crippen LogP contribution in [-0.4, -0.2) is 37.3 Å². The molecule has 28 heavy (non-hydrogen) atoms. The molecule has 0 aromatic heterocycles. The number of sulfone groups is 1. The Morgan fingerprint density at radius 2 is 1.75 bits per heavy atom. The quantitative estimate of drug-likeness (QED) is 0.738. The standard InChI is InChI=1S/C20H24F3NO3S/c1-13-10-17(14-2-4-15(5-3-14)20(21,22)23)24(12-13)18(25)16-11-19(16)6-8-28(26,27)9-7-19/h2-5,13,16-17H,6-12H2,1H3. The molecule has 3 fully saturated rings. The first kappa shape index (κ1) is 19.7. The topological polar surface area (TPSA) is 54.5 Å². The van der Waals surface area contributed by atoms with Gasteiger partial charge >= 0.3 is 6.18 Å². The molecule has 1 amide bonds.